The molecule has 0 bridgehead atoms. The first-order chi connectivity index (χ1) is 22.7. The summed E-state index contributed by atoms with van der Waals surface area (Å²) in [6.45, 7) is 10.9. The number of carbonyl (C=O) groups excluding carboxylic acids is 2. The highest BCUT2D eigenvalue weighted by Crippen LogP contribution is 2.38. The summed E-state index contributed by atoms with van der Waals surface area (Å²) in [6, 6.07) is 18.3. The van der Waals surface area contributed by atoms with E-state index in [9.17, 15) is 19.8 Å². The van der Waals surface area contributed by atoms with Crippen molar-refractivity contribution in [2.45, 2.75) is 89.4 Å². The molecule has 1 aliphatic carbocycles. The Balaban J connectivity index is 1.51. The second-order valence-corrected chi connectivity index (χ2v) is 13.8. The summed E-state index contributed by atoms with van der Waals surface area (Å²) in [7, 11) is 1.24. The molecule has 13 nitrogen and oxygen atoms in total. The lowest BCUT2D eigenvalue weighted by atomic mass is 9.91. The van der Waals surface area contributed by atoms with Crippen LogP contribution in [0.5, 0.6) is 0 Å². The Bertz CT molecular complexity index is 1680. The van der Waals surface area contributed by atoms with Crippen LogP contribution < -0.4 is 5.32 Å². The number of anilines is 1. The number of hydrogen-bond acceptors (Lipinski definition) is 11. The number of methoxy groups -OCH3 is 1. The second-order valence-electron chi connectivity index (χ2n) is 13.8. The van der Waals surface area contributed by atoms with Crippen LogP contribution in [0.4, 0.5) is 10.6 Å². The number of fused-ring (bicyclic) bond motifs is 1. The summed E-state index contributed by atoms with van der Waals surface area (Å²) >= 11 is 0. The van der Waals surface area contributed by atoms with Crippen LogP contribution in [0.15, 0.2) is 67.0 Å². The maximum atomic E-state index is 13.3. The van der Waals surface area contributed by atoms with Gasteiger partial charge in [0.15, 0.2) is 11.5 Å². The van der Waals surface area contributed by atoms with Gasteiger partial charge in [0, 0.05) is 12.5 Å². The molecule has 1 aliphatic rings. The first-order valence-electron chi connectivity index (χ1n) is 15.9. The Labute approximate surface area is 279 Å². The Hall–Kier alpha value is -4.59. The number of hydroxylamine groups is 2. The van der Waals surface area contributed by atoms with Crippen LogP contribution >= 0.6 is 0 Å². The summed E-state index contributed by atoms with van der Waals surface area (Å²) < 4.78 is 12.1. The third kappa shape index (κ3) is 7.75. The fraction of sp³-hybridized carbons (Fsp3) is 0.457. The lowest BCUT2D eigenvalue weighted by Crippen LogP contribution is -2.51. The first kappa shape index (κ1) is 34.7. The molecule has 4 aromatic rings. The molecule has 0 radical (unpaired) electrons. The molecule has 0 spiro atoms. The molecule has 0 saturated heterocycles. The van der Waals surface area contributed by atoms with Gasteiger partial charge in [-0.05, 0) is 59.1 Å². The van der Waals surface area contributed by atoms with E-state index in [1.54, 1.807) is 46.1 Å². The highest BCUT2D eigenvalue weighted by molar-refractivity contribution is 5.91. The van der Waals surface area contributed by atoms with Crippen LogP contribution in [0, 0.1) is 0 Å². The van der Waals surface area contributed by atoms with Gasteiger partial charge < -0.3 is 29.6 Å². The van der Waals surface area contributed by atoms with Crippen LogP contribution in [0.2, 0.25) is 0 Å². The monoisotopic (exact) mass is 660 g/mol. The van der Waals surface area contributed by atoms with Crippen molar-refractivity contribution in [3.63, 3.8) is 0 Å². The second kappa shape index (κ2) is 13.9. The number of amides is 1. The Morgan fingerprint density at radius 1 is 0.938 bits per heavy atom. The molecule has 1 saturated carbocycles. The van der Waals surface area contributed by atoms with Gasteiger partial charge in [-0.3, -0.25) is 4.84 Å². The van der Waals surface area contributed by atoms with Crippen molar-refractivity contribution in [1.82, 2.24) is 24.6 Å². The number of imidazole rings is 1. The SMILES string of the molecule is COC(=O)c1nc(NCC(c2ccccc2)c2ccccc2)c2ncn([C@@H]3C[C@H](N(OC(C)(C)C)C(=O)OC(C)(C)C)[C@@H](O)[C@H]3O)c2n1. The largest absolute Gasteiger partial charge is 0.463 e. The number of hydrogen-bond donors (Lipinski definition) is 3. The Kier molecular flexibility index (Phi) is 10.0. The van der Waals surface area contributed by atoms with Crippen molar-refractivity contribution >= 4 is 29.0 Å². The topological polar surface area (TPSA) is 161 Å². The van der Waals surface area contributed by atoms with Gasteiger partial charge in [-0.15, -0.1) is 0 Å². The van der Waals surface area contributed by atoms with Gasteiger partial charge in [0.1, 0.15) is 23.3 Å². The Morgan fingerprint density at radius 3 is 2.08 bits per heavy atom. The quantitative estimate of drug-likeness (QED) is 0.166. The van der Waals surface area contributed by atoms with Crippen molar-refractivity contribution in [2.24, 2.45) is 0 Å². The molecule has 4 atom stereocenters. The highest BCUT2D eigenvalue weighted by atomic mass is 16.7. The molecule has 2 aromatic carbocycles. The number of nitrogens with zero attached hydrogens (tertiary/aromatic N) is 5. The molecule has 5 rings (SSSR count). The van der Waals surface area contributed by atoms with Crippen molar-refractivity contribution in [3.05, 3.63) is 83.9 Å². The van der Waals surface area contributed by atoms with Gasteiger partial charge in [-0.25, -0.2) is 24.5 Å². The molecule has 0 unspecified atom stereocenters. The summed E-state index contributed by atoms with van der Waals surface area (Å²) in [4.78, 5) is 45.6. The molecule has 2 aromatic heterocycles. The Morgan fingerprint density at radius 2 is 1.54 bits per heavy atom. The van der Waals surface area contributed by atoms with Crippen LogP contribution in [-0.2, 0) is 14.3 Å². The van der Waals surface area contributed by atoms with E-state index in [4.69, 9.17) is 14.3 Å². The first-order valence-corrected chi connectivity index (χ1v) is 15.9. The predicted molar refractivity (Wildman–Crippen MR) is 178 cm³/mol. The van der Waals surface area contributed by atoms with Gasteiger partial charge in [-0.2, -0.15) is 5.06 Å². The zero-order valence-corrected chi connectivity index (χ0v) is 28.3. The lowest BCUT2D eigenvalue weighted by molar-refractivity contribution is -0.241. The van der Waals surface area contributed by atoms with E-state index in [1.165, 1.54) is 13.4 Å². The van der Waals surface area contributed by atoms with Crippen LogP contribution in [-0.4, -0.2) is 90.0 Å². The number of aromatic nitrogens is 4. The van der Waals surface area contributed by atoms with Crippen LogP contribution in [0.25, 0.3) is 11.2 Å². The minimum absolute atomic E-state index is 0.0599. The average Bonchev–Trinajstić information content (AvgIpc) is 3.59. The molecule has 0 aliphatic heterocycles. The molecule has 1 amide bonds. The van der Waals surface area contributed by atoms with Crippen molar-refractivity contribution < 1.29 is 34.1 Å². The number of aliphatic hydroxyl groups is 2. The number of ether oxygens (including phenoxy) is 2. The number of aliphatic hydroxyl groups excluding tert-OH is 2. The molecule has 256 valence electrons. The lowest BCUT2D eigenvalue weighted by Gasteiger charge is -2.36. The number of rotatable bonds is 9. The van der Waals surface area contributed by atoms with E-state index in [0.717, 1.165) is 16.2 Å². The van der Waals surface area contributed by atoms with E-state index < -0.39 is 47.6 Å². The minimum atomic E-state index is -1.40. The molecule has 1 fully saturated rings. The average molecular weight is 661 g/mol. The van der Waals surface area contributed by atoms with Crippen molar-refractivity contribution in [2.75, 3.05) is 19.0 Å². The molecule has 2 heterocycles. The molecule has 3 N–H and O–H groups in total. The maximum Gasteiger partial charge on any atom is 0.434 e. The van der Waals surface area contributed by atoms with E-state index >= 15 is 0 Å². The van der Waals surface area contributed by atoms with Crippen LogP contribution in [0.3, 0.4) is 0 Å². The number of benzene rings is 2. The molecule has 13 heteroatoms. The zero-order chi connectivity index (χ0) is 34.8. The normalized spacial score (nSPS) is 19.8. The van der Waals surface area contributed by atoms with E-state index in [-0.39, 0.29) is 23.8 Å². The number of carbonyl (C=O) groups is 2. The number of esters is 1. The predicted octanol–water partition coefficient (Wildman–Crippen LogP) is 4.86. The highest BCUT2D eigenvalue weighted by Gasteiger charge is 2.49. The van der Waals surface area contributed by atoms with Crippen molar-refractivity contribution in [3.8, 4) is 0 Å². The summed E-state index contributed by atoms with van der Waals surface area (Å²) in [5.41, 5.74) is 1.11. The summed E-state index contributed by atoms with van der Waals surface area (Å²) in [6.07, 6.45) is -2.01. The summed E-state index contributed by atoms with van der Waals surface area (Å²) in [5.74, 6) is -0.724. The van der Waals surface area contributed by atoms with Gasteiger partial charge in [0.2, 0.25) is 5.82 Å². The maximum absolute atomic E-state index is 13.3. The van der Waals surface area contributed by atoms with E-state index in [0.29, 0.717) is 17.9 Å². The smallest absolute Gasteiger partial charge is 0.434 e. The number of nitrogens with one attached hydrogen (secondary N) is 1. The molecule has 48 heavy (non-hydrogen) atoms. The van der Waals surface area contributed by atoms with E-state index in [2.05, 4.69) is 44.5 Å². The third-order valence-electron chi connectivity index (χ3n) is 7.89. The van der Waals surface area contributed by atoms with Gasteiger partial charge in [0.05, 0.1) is 31.1 Å². The van der Waals surface area contributed by atoms with Gasteiger partial charge >= 0.3 is 12.1 Å². The fourth-order valence-electron chi connectivity index (χ4n) is 5.80. The summed E-state index contributed by atoms with van der Waals surface area (Å²) in [5, 5.41) is 27.0. The molecular weight excluding hydrogens is 616 g/mol. The van der Waals surface area contributed by atoms with Crippen molar-refractivity contribution in [1.29, 1.82) is 0 Å². The third-order valence-corrected chi connectivity index (χ3v) is 7.89. The molecular formula is C35H44N6O7. The van der Waals surface area contributed by atoms with E-state index in [1.807, 2.05) is 36.4 Å². The fourth-order valence-corrected chi connectivity index (χ4v) is 5.80. The minimum Gasteiger partial charge on any atom is -0.463 e. The van der Waals surface area contributed by atoms with Crippen LogP contribution in [0.1, 0.15) is 81.7 Å². The zero-order valence-electron chi connectivity index (χ0n) is 28.3. The van der Waals surface area contributed by atoms with Gasteiger partial charge in [-0.1, -0.05) is 60.7 Å². The standard InChI is InChI=1S/C35H44N6O7/c1-34(2,3)47-33(45)41(48-35(4,5)6)25-18-24(27(42)28(25)43)40-20-37-26-29(38-30(32(44)46-7)39-31(26)40)36-19-23(21-14-10-8-11-15-21)22-16-12-9-13-17-22/h8-17,20,23-25,27-28,42-43H,18-19H2,1-7H3,(H,36,38,39)/t24-,25+,27+,28-/m1/s1. The van der Waals surface area contributed by atoms with Gasteiger partial charge in [0.25, 0.3) is 0 Å².